The molecule has 1 aromatic heterocycles. The Labute approximate surface area is 162 Å². The van der Waals surface area contributed by atoms with E-state index in [1.54, 1.807) is 0 Å². The lowest BCUT2D eigenvalue weighted by molar-refractivity contribution is -0.0501. The van der Waals surface area contributed by atoms with Gasteiger partial charge in [-0.25, -0.2) is 13.2 Å². The summed E-state index contributed by atoms with van der Waals surface area (Å²) in [7, 11) is -6.32. The quantitative estimate of drug-likeness (QED) is 0.340. The van der Waals surface area contributed by atoms with Crippen molar-refractivity contribution in [2.45, 2.75) is 5.51 Å². The topological polar surface area (TPSA) is 78.3 Å². The molecule has 0 bridgehead atoms. The maximum Gasteiger partial charge on any atom is 0.534 e. The Morgan fingerprint density at radius 3 is 2.14 bits per heavy atom. The van der Waals surface area contributed by atoms with Gasteiger partial charge in [0.05, 0.1) is 15.8 Å². The molecule has 3 rings (SSSR count). The van der Waals surface area contributed by atoms with E-state index in [2.05, 4.69) is 9.28 Å². The Bertz CT molecular complexity index is 1290. The summed E-state index contributed by atoms with van der Waals surface area (Å²) in [6.45, 7) is 0. The standard InChI is InChI=1S/C15H5ClF6N2O4S/c16-8-2-1-3-9(17)12(8)24-14(25)7-5-11(19)10(18)4-6(7)13(23-24)28-29(26,27)15(20,21)22/h1-5H. The monoisotopic (exact) mass is 458 g/mol. The van der Waals surface area contributed by atoms with Gasteiger partial charge in [-0.2, -0.15) is 26.3 Å². The Morgan fingerprint density at radius 1 is 1.00 bits per heavy atom. The predicted octanol–water partition coefficient (Wildman–Crippen LogP) is 3.68. The molecule has 0 aliphatic heterocycles. The number of fused-ring (bicyclic) bond motifs is 1. The van der Waals surface area contributed by atoms with Gasteiger partial charge in [0.1, 0.15) is 5.69 Å². The van der Waals surface area contributed by atoms with Crippen LogP contribution in [0.2, 0.25) is 5.02 Å². The number of halogens is 7. The summed E-state index contributed by atoms with van der Waals surface area (Å²) in [5.74, 6) is -5.83. The molecule has 0 fully saturated rings. The number of para-hydroxylation sites is 1. The Balaban J connectivity index is 2.43. The van der Waals surface area contributed by atoms with Gasteiger partial charge in [0.2, 0.25) is 0 Å². The predicted molar refractivity (Wildman–Crippen MR) is 87.8 cm³/mol. The Kier molecular flexibility index (Phi) is 4.99. The normalized spacial score (nSPS) is 12.4. The SMILES string of the molecule is O=c1c2cc(F)c(F)cc2c(OS(=O)(=O)C(F)(F)F)nn1-c1c(F)cccc1Cl. The first-order valence-electron chi connectivity index (χ1n) is 7.20. The summed E-state index contributed by atoms with van der Waals surface area (Å²) in [5.41, 5.74) is -8.02. The van der Waals surface area contributed by atoms with Crippen LogP contribution < -0.4 is 9.74 Å². The van der Waals surface area contributed by atoms with Gasteiger partial charge in [0.15, 0.2) is 17.5 Å². The summed E-state index contributed by atoms with van der Waals surface area (Å²) < 4.78 is 106. The lowest BCUT2D eigenvalue weighted by Crippen LogP contribution is -2.30. The minimum absolute atomic E-state index is 0.0819. The van der Waals surface area contributed by atoms with Crippen LogP contribution in [-0.2, 0) is 10.1 Å². The van der Waals surface area contributed by atoms with Crippen molar-refractivity contribution in [1.82, 2.24) is 9.78 Å². The van der Waals surface area contributed by atoms with Crippen molar-refractivity contribution in [3.8, 4) is 11.6 Å². The van der Waals surface area contributed by atoms with E-state index >= 15 is 0 Å². The van der Waals surface area contributed by atoms with Gasteiger partial charge in [-0.15, -0.1) is 5.10 Å². The van der Waals surface area contributed by atoms with E-state index in [1.165, 1.54) is 0 Å². The fourth-order valence-electron chi connectivity index (χ4n) is 2.26. The Hall–Kier alpha value is -2.80. The minimum Gasteiger partial charge on any atom is -0.353 e. The van der Waals surface area contributed by atoms with Crippen molar-refractivity contribution in [1.29, 1.82) is 0 Å². The van der Waals surface area contributed by atoms with E-state index in [-0.39, 0.29) is 16.8 Å². The third-order valence-electron chi connectivity index (χ3n) is 3.53. The van der Waals surface area contributed by atoms with Crippen LogP contribution in [0.5, 0.6) is 5.88 Å². The highest BCUT2D eigenvalue weighted by Crippen LogP contribution is 2.31. The molecule has 0 saturated carbocycles. The van der Waals surface area contributed by atoms with Gasteiger partial charge in [-0.1, -0.05) is 17.7 Å². The van der Waals surface area contributed by atoms with Crippen molar-refractivity contribution < 1.29 is 38.9 Å². The molecule has 0 aliphatic rings. The molecule has 0 N–H and O–H groups in total. The maximum atomic E-state index is 14.2. The molecule has 0 amide bonds. The van der Waals surface area contributed by atoms with Crippen LogP contribution in [0.3, 0.4) is 0 Å². The highest BCUT2D eigenvalue weighted by molar-refractivity contribution is 7.88. The van der Waals surface area contributed by atoms with Gasteiger partial charge >= 0.3 is 15.6 Å². The van der Waals surface area contributed by atoms with E-state index in [0.29, 0.717) is 0 Å². The van der Waals surface area contributed by atoms with Crippen molar-refractivity contribution in [3.63, 3.8) is 0 Å². The molecule has 0 aliphatic carbocycles. The van der Waals surface area contributed by atoms with Gasteiger partial charge in [-0.3, -0.25) is 4.79 Å². The van der Waals surface area contributed by atoms with E-state index < -0.39 is 66.0 Å². The molecule has 6 nitrogen and oxygen atoms in total. The number of benzene rings is 2. The molecule has 0 radical (unpaired) electrons. The van der Waals surface area contributed by atoms with Crippen LogP contribution in [-0.4, -0.2) is 23.7 Å². The third kappa shape index (κ3) is 3.62. The third-order valence-corrected chi connectivity index (χ3v) is 4.78. The number of hydrogen-bond acceptors (Lipinski definition) is 5. The van der Waals surface area contributed by atoms with Gasteiger partial charge in [-0.05, 0) is 24.3 Å². The van der Waals surface area contributed by atoms with Crippen molar-refractivity contribution in [2.75, 3.05) is 0 Å². The van der Waals surface area contributed by atoms with Crippen LogP contribution in [0.1, 0.15) is 0 Å². The first-order chi connectivity index (χ1) is 13.3. The van der Waals surface area contributed by atoms with Crippen LogP contribution >= 0.6 is 11.6 Å². The molecule has 0 saturated heterocycles. The lowest BCUT2D eigenvalue weighted by Gasteiger charge is -2.14. The second-order valence-corrected chi connectivity index (χ2v) is 7.33. The molecule has 0 spiro atoms. The van der Waals surface area contributed by atoms with Crippen LogP contribution in [0.25, 0.3) is 16.5 Å². The van der Waals surface area contributed by atoms with Crippen LogP contribution in [0, 0.1) is 17.5 Å². The largest absolute Gasteiger partial charge is 0.534 e. The summed E-state index contributed by atoms with van der Waals surface area (Å²) in [5, 5.41) is 1.07. The van der Waals surface area contributed by atoms with Gasteiger partial charge in [0.25, 0.3) is 11.4 Å². The van der Waals surface area contributed by atoms with E-state index in [1.807, 2.05) is 0 Å². The number of hydrogen-bond donors (Lipinski definition) is 0. The summed E-state index contributed by atoms with van der Waals surface area (Å²) in [4.78, 5) is 12.6. The molecule has 2 aromatic carbocycles. The molecule has 0 atom stereocenters. The van der Waals surface area contributed by atoms with E-state index in [4.69, 9.17) is 11.6 Å². The van der Waals surface area contributed by atoms with Gasteiger partial charge < -0.3 is 4.18 Å². The van der Waals surface area contributed by atoms with Crippen molar-refractivity contribution >= 4 is 32.5 Å². The maximum absolute atomic E-state index is 14.2. The molecule has 154 valence electrons. The van der Waals surface area contributed by atoms with Crippen molar-refractivity contribution in [2.24, 2.45) is 0 Å². The Morgan fingerprint density at radius 2 is 1.59 bits per heavy atom. The second-order valence-electron chi connectivity index (χ2n) is 5.39. The lowest BCUT2D eigenvalue weighted by atomic mass is 10.2. The molecular formula is C15H5ClF6N2O4S. The van der Waals surface area contributed by atoms with Crippen molar-refractivity contribution in [3.05, 3.63) is 63.2 Å². The molecule has 14 heteroatoms. The van der Waals surface area contributed by atoms with Crippen LogP contribution in [0.4, 0.5) is 26.3 Å². The fraction of sp³-hybridized carbons (Fsp3) is 0.0667. The number of aromatic nitrogens is 2. The summed E-state index contributed by atoms with van der Waals surface area (Å²) in [6.07, 6.45) is 0. The first kappa shape index (κ1) is 20.9. The van der Waals surface area contributed by atoms with E-state index in [9.17, 15) is 39.6 Å². The van der Waals surface area contributed by atoms with E-state index in [0.717, 1.165) is 18.2 Å². The fourth-order valence-corrected chi connectivity index (χ4v) is 2.93. The summed E-state index contributed by atoms with van der Waals surface area (Å²) >= 11 is 5.79. The zero-order valence-corrected chi connectivity index (χ0v) is 15.0. The summed E-state index contributed by atoms with van der Waals surface area (Å²) in [6, 6.07) is 3.53. The smallest absolute Gasteiger partial charge is 0.353 e. The van der Waals surface area contributed by atoms with Crippen LogP contribution in [0.15, 0.2) is 35.1 Å². The second kappa shape index (κ2) is 6.91. The highest BCUT2D eigenvalue weighted by atomic mass is 35.5. The highest BCUT2D eigenvalue weighted by Gasteiger charge is 2.49. The average molecular weight is 459 g/mol. The number of nitrogens with zero attached hydrogens (tertiary/aromatic N) is 2. The minimum atomic E-state index is -6.32. The molecule has 29 heavy (non-hydrogen) atoms. The molecule has 0 unspecified atom stereocenters. The number of rotatable bonds is 3. The average Bonchev–Trinajstić information content (AvgIpc) is 2.59. The molecular weight excluding hydrogens is 454 g/mol. The zero-order valence-electron chi connectivity index (χ0n) is 13.5. The molecule has 1 heterocycles. The number of alkyl halides is 3. The molecule has 3 aromatic rings. The van der Waals surface area contributed by atoms with Gasteiger partial charge in [0, 0.05) is 0 Å². The zero-order chi connectivity index (χ0) is 21.7. The first-order valence-corrected chi connectivity index (χ1v) is 8.99.